The van der Waals surface area contributed by atoms with Gasteiger partial charge in [0, 0.05) is 0 Å². The average Bonchev–Trinajstić information content (AvgIpc) is 3.58. The van der Waals surface area contributed by atoms with Gasteiger partial charge in [0.15, 0.2) is 0 Å². The number of carbonyl (C=O) groups is 4. The number of fused-ring (bicyclic) bond motifs is 5. The van der Waals surface area contributed by atoms with Crippen LogP contribution >= 0.6 is 0 Å². The van der Waals surface area contributed by atoms with Gasteiger partial charge in [-0.2, -0.15) is 0 Å². The Morgan fingerprint density at radius 2 is 1.39 bits per heavy atom. The Labute approximate surface area is 206 Å². The van der Waals surface area contributed by atoms with E-state index in [-0.39, 0.29) is 52.4 Å². The number of anilines is 1. The SMILES string of the molecule is O=C(Oc1ccccc1C(=O)Oc1ccccc1)c1cccc(N2C(=O)[C@@H]3[C@H](C2=O)[C@@H]2C=C[C@H]3C2)c1. The van der Waals surface area contributed by atoms with E-state index in [1.807, 2.05) is 12.2 Å². The minimum atomic E-state index is -0.724. The van der Waals surface area contributed by atoms with Crippen LogP contribution in [0, 0.1) is 23.7 Å². The number of para-hydroxylation sites is 2. The highest BCUT2D eigenvalue weighted by molar-refractivity contribution is 6.23. The van der Waals surface area contributed by atoms with Gasteiger partial charge in [-0.3, -0.25) is 9.59 Å². The molecule has 1 saturated heterocycles. The van der Waals surface area contributed by atoms with Gasteiger partial charge in [0.25, 0.3) is 0 Å². The quantitative estimate of drug-likeness (QED) is 0.233. The Morgan fingerprint density at radius 1 is 0.722 bits per heavy atom. The van der Waals surface area contributed by atoms with Crippen LogP contribution < -0.4 is 14.4 Å². The fourth-order valence-electron chi connectivity index (χ4n) is 5.46. The molecule has 0 unspecified atom stereocenters. The molecule has 1 heterocycles. The minimum Gasteiger partial charge on any atom is -0.423 e. The van der Waals surface area contributed by atoms with Crippen LogP contribution in [0.4, 0.5) is 5.69 Å². The van der Waals surface area contributed by atoms with E-state index >= 15 is 0 Å². The van der Waals surface area contributed by atoms with E-state index < -0.39 is 11.9 Å². The number of allylic oxidation sites excluding steroid dienone is 2. The van der Waals surface area contributed by atoms with Gasteiger partial charge in [-0.25, -0.2) is 14.5 Å². The Kier molecular flexibility index (Phi) is 5.25. The van der Waals surface area contributed by atoms with E-state index in [0.717, 1.165) is 6.42 Å². The van der Waals surface area contributed by atoms with E-state index in [1.54, 1.807) is 54.6 Å². The van der Waals surface area contributed by atoms with Crippen LogP contribution in [0.2, 0.25) is 0 Å². The number of hydrogen-bond donors (Lipinski definition) is 0. The molecule has 0 radical (unpaired) electrons. The molecule has 7 heteroatoms. The molecule has 2 bridgehead atoms. The van der Waals surface area contributed by atoms with Gasteiger partial charge >= 0.3 is 11.9 Å². The number of imide groups is 1. The van der Waals surface area contributed by atoms with Crippen molar-refractivity contribution in [1.82, 2.24) is 0 Å². The highest BCUT2D eigenvalue weighted by Gasteiger charge is 2.59. The van der Waals surface area contributed by atoms with Crippen LogP contribution in [0.25, 0.3) is 0 Å². The monoisotopic (exact) mass is 479 g/mol. The first kappa shape index (κ1) is 22.0. The molecule has 0 spiro atoms. The van der Waals surface area contributed by atoms with Gasteiger partial charge < -0.3 is 9.47 Å². The van der Waals surface area contributed by atoms with Gasteiger partial charge in [0.05, 0.1) is 23.1 Å². The second-order valence-electron chi connectivity index (χ2n) is 9.15. The second kappa shape index (κ2) is 8.61. The fourth-order valence-corrected chi connectivity index (χ4v) is 5.46. The molecule has 178 valence electrons. The van der Waals surface area contributed by atoms with E-state index in [2.05, 4.69) is 0 Å². The lowest BCUT2D eigenvalue weighted by molar-refractivity contribution is -0.123. The van der Waals surface area contributed by atoms with Crippen LogP contribution in [0.3, 0.4) is 0 Å². The number of hydrogen-bond acceptors (Lipinski definition) is 6. The van der Waals surface area contributed by atoms with Gasteiger partial charge in [0.1, 0.15) is 17.1 Å². The summed E-state index contributed by atoms with van der Waals surface area (Å²) in [6.45, 7) is 0. The molecule has 3 aliphatic rings. The van der Waals surface area contributed by atoms with Gasteiger partial charge in [-0.15, -0.1) is 0 Å². The predicted octanol–water partition coefficient (Wildman–Crippen LogP) is 4.44. The number of rotatable bonds is 5. The maximum atomic E-state index is 13.1. The zero-order valence-corrected chi connectivity index (χ0v) is 19.1. The number of amides is 2. The van der Waals surface area contributed by atoms with Crippen molar-refractivity contribution < 1.29 is 28.7 Å². The molecule has 1 saturated carbocycles. The summed E-state index contributed by atoms with van der Waals surface area (Å²) in [7, 11) is 0. The summed E-state index contributed by atoms with van der Waals surface area (Å²) in [6.07, 6.45) is 4.92. The lowest BCUT2D eigenvalue weighted by Gasteiger charge is -2.18. The van der Waals surface area contributed by atoms with Crippen LogP contribution in [0.15, 0.2) is 91.0 Å². The van der Waals surface area contributed by atoms with Crippen molar-refractivity contribution in [2.75, 3.05) is 4.90 Å². The third-order valence-electron chi connectivity index (χ3n) is 7.07. The molecule has 0 aromatic heterocycles. The zero-order chi connectivity index (χ0) is 24.8. The first-order valence-corrected chi connectivity index (χ1v) is 11.8. The van der Waals surface area contributed by atoms with Gasteiger partial charge in [-0.05, 0) is 60.7 Å². The lowest BCUT2D eigenvalue weighted by Crippen LogP contribution is -2.33. The highest BCUT2D eigenvalue weighted by atomic mass is 16.5. The maximum absolute atomic E-state index is 13.1. The molecule has 2 amide bonds. The number of nitrogens with zero attached hydrogens (tertiary/aromatic N) is 1. The number of esters is 2. The highest BCUT2D eigenvalue weighted by Crippen LogP contribution is 2.53. The summed E-state index contributed by atoms with van der Waals surface area (Å²) in [5.74, 6) is -1.88. The summed E-state index contributed by atoms with van der Waals surface area (Å²) in [5.41, 5.74) is 0.578. The van der Waals surface area contributed by atoms with Crippen molar-refractivity contribution in [2.45, 2.75) is 6.42 Å². The van der Waals surface area contributed by atoms with E-state index in [1.165, 1.54) is 29.2 Å². The third-order valence-corrected chi connectivity index (χ3v) is 7.07. The number of carbonyl (C=O) groups excluding carboxylic acids is 4. The van der Waals surface area contributed by atoms with Crippen LogP contribution in [0.1, 0.15) is 27.1 Å². The first-order chi connectivity index (χ1) is 17.5. The third kappa shape index (κ3) is 3.60. The zero-order valence-electron chi connectivity index (χ0n) is 19.1. The Balaban J connectivity index is 1.22. The topological polar surface area (TPSA) is 90.0 Å². The van der Waals surface area contributed by atoms with Crippen molar-refractivity contribution in [3.8, 4) is 11.5 Å². The average molecular weight is 479 g/mol. The van der Waals surface area contributed by atoms with Crippen molar-refractivity contribution in [3.05, 3.63) is 102 Å². The van der Waals surface area contributed by atoms with E-state index in [9.17, 15) is 19.2 Å². The minimum absolute atomic E-state index is 0.0411. The molecule has 6 rings (SSSR count). The summed E-state index contributed by atoms with van der Waals surface area (Å²) in [5, 5.41) is 0. The summed E-state index contributed by atoms with van der Waals surface area (Å²) in [4.78, 5) is 53.2. The summed E-state index contributed by atoms with van der Waals surface area (Å²) < 4.78 is 10.9. The molecule has 36 heavy (non-hydrogen) atoms. The van der Waals surface area contributed by atoms with Gasteiger partial charge in [-0.1, -0.05) is 48.6 Å². The molecule has 7 nitrogen and oxygen atoms in total. The molecule has 2 fully saturated rings. The first-order valence-electron chi connectivity index (χ1n) is 11.8. The maximum Gasteiger partial charge on any atom is 0.347 e. The van der Waals surface area contributed by atoms with Crippen LogP contribution in [-0.2, 0) is 9.59 Å². The van der Waals surface area contributed by atoms with Crippen molar-refractivity contribution in [3.63, 3.8) is 0 Å². The molecule has 3 aromatic rings. The van der Waals surface area contributed by atoms with Crippen molar-refractivity contribution in [1.29, 1.82) is 0 Å². The Hall–Kier alpha value is -4.52. The van der Waals surface area contributed by atoms with E-state index in [0.29, 0.717) is 11.4 Å². The second-order valence-corrected chi connectivity index (χ2v) is 9.15. The molecule has 2 aliphatic carbocycles. The van der Waals surface area contributed by atoms with Crippen molar-refractivity contribution in [2.24, 2.45) is 23.7 Å². The molecular weight excluding hydrogens is 458 g/mol. The lowest BCUT2D eigenvalue weighted by atomic mass is 9.85. The molecule has 4 atom stereocenters. The van der Waals surface area contributed by atoms with Crippen molar-refractivity contribution >= 4 is 29.4 Å². The standard InChI is InChI=1S/C29H21NO6/c31-26-24-17-13-14-18(15-17)25(24)27(32)30(26)20-8-6-7-19(16-20)28(33)36-23-12-5-4-11-22(23)29(34)35-21-9-2-1-3-10-21/h1-14,16-18,24-25H,15H2/t17-,18+,24-,25+. The fraction of sp³-hybridized carbons (Fsp3) is 0.172. The largest absolute Gasteiger partial charge is 0.423 e. The Morgan fingerprint density at radius 3 is 2.11 bits per heavy atom. The van der Waals surface area contributed by atoms with Crippen LogP contribution in [0.5, 0.6) is 11.5 Å². The summed E-state index contributed by atoms with van der Waals surface area (Å²) in [6, 6.07) is 21.1. The van der Waals surface area contributed by atoms with E-state index in [4.69, 9.17) is 9.47 Å². The number of benzene rings is 3. The molecule has 1 aliphatic heterocycles. The van der Waals surface area contributed by atoms with Crippen LogP contribution in [-0.4, -0.2) is 23.8 Å². The molecule has 3 aromatic carbocycles. The Bertz CT molecular complexity index is 1400. The normalized spacial score (nSPS) is 23.6. The summed E-state index contributed by atoms with van der Waals surface area (Å²) >= 11 is 0. The molecule has 0 N–H and O–H groups in total. The number of ether oxygens (including phenoxy) is 2. The predicted molar refractivity (Wildman–Crippen MR) is 129 cm³/mol. The smallest absolute Gasteiger partial charge is 0.347 e. The van der Waals surface area contributed by atoms with Gasteiger partial charge in [0.2, 0.25) is 11.8 Å². The molecular formula is C29H21NO6.